The molecule has 50 valence electrons. The average Bonchev–Trinajstić information content (AvgIpc) is 1.67. The molecule has 0 saturated carbocycles. The topological polar surface area (TPSA) is 40.5 Å². The fourth-order valence-corrected chi connectivity index (χ4v) is 0.631. The molecule has 0 radical (unpaired) electrons. The second-order valence-electron chi connectivity index (χ2n) is 1.77. The summed E-state index contributed by atoms with van der Waals surface area (Å²) < 4.78 is 0. The van der Waals surface area contributed by atoms with E-state index in [1.54, 1.807) is 6.92 Å². The SMILES string of the molecule is CCC(O)(O)CCCl. The Morgan fingerprint density at radius 1 is 1.50 bits per heavy atom. The van der Waals surface area contributed by atoms with Crippen molar-refractivity contribution in [3.05, 3.63) is 0 Å². The first-order valence-corrected chi connectivity index (χ1v) is 3.16. The first-order chi connectivity index (χ1) is 3.62. The van der Waals surface area contributed by atoms with E-state index in [0.717, 1.165) is 0 Å². The third-order valence-electron chi connectivity index (χ3n) is 1.06. The van der Waals surface area contributed by atoms with E-state index in [1.807, 2.05) is 0 Å². The van der Waals surface area contributed by atoms with E-state index in [2.05, 4.69) is 0 Å². The van der Waals surface area contributed by atoms with Crippen LogP contribution in [-0.4, -0.2) is 21.9 Å². The van der Waals surface area contributed by atoms with Crippen molar-refractivity contribution in [3.8, 4) is 0 Å². The Hall–Kier alpha value is 0.210. The molecule has 0 aliphatic rings. The Balaban J connectivity index is 3.37. The van der Waals surface area contributed by atoms with E-state index in [-0.39, 0.29) is 6.42 Å². The first-order valence-electron chi connectivity index (χ1n) is 2.63. The van der Waals surface area contributed by atoms with Crippen molar-refractivity contribution >= 4 is 11.6 Å². The average molecular weight is 139 g/mol. The predicted molar refractivity (Wildman–Crippen MR) is 32.8 cm³/mol. The summed E-state index contributed by atoms with van der Waals surface area (Å²) >= 11 is 5.24. The molecule has 0 aliphatic heterocycles. The third kappa shape index (κ3) is 3.24. The molecule has 3 heteroatoms. The molecule has 0 saturated heterocycles. The maximum atomic E-state index is 8.79. The van der Waals surface area contributed by atoms with E-state index in [9.17, 15) is 0 Å². The minimum absolute atomic E-state index is 0.241. The Morgan fingerprint density at radius 2 is 2.00 bits per heavy atom. The summed E-state index contributed by atoms with van der Waals surface area (Å²) in [7, 11) is 0. The van der Waals surface area contributed by atoms with Crippen LogP contribution in [0.15, 0.2) is 0 Å². The third-order valence-corrected chi connectivity index (χ3v) is 1.25. The Morgan fingerprint density at radius 3 is 2.12 bits per heavy atom. The van der Waals surface area contributed by atoms with Gasteiger partial charge in [0.25, 0.3) is 0 Å². The molecule has 0 aromatic carbocycles. The lowest BCUT2D eigenvalue weighted by molar-refractivity contribution is -0.163. The smallest absolute Gasteiger partial charge is 0.163 e. The summed E-state index contributed by atoms with van der Waals surface area (Å²) in [6.45, 7) is 1.70. The van der Waals surface area contributed by atoms with Crippen molar-refractivity contribution in [2.45, 2.75) is 25.6 Å². The molecule has 8 heavy (non-hydrogen) atoms. The quantitative estimate of drug-likeness (QED) is 0.446. The van der Waals surface area contributed by atoms with Gasteiger partial charge in [0, 0.05) is 12.3 Å². The van der Waals surface area contributed by atoms with Crippen LogP contribution in [0.1, 0.15) is 19.8 Å². The number of hydrogen-bond donors (Lipinski definition) is 2. The van der Waals surface area contributed by atoms with Gasteiger partial charge in [0.15, 0.2) is 5.79 Å². The highest BCUT2D eigenvalue weighted by molar-refractivity contribution is 6.17. The second-order valence-corrected chi connectivity index (χ2v) is 2.15. The van der Waals surface area contributed by atoms with Crippen molar-refractivity contribution in [1.29, 1.82) is 0 Å². The molecule has 0 atom stereocenters. The normalized spacial score (nSPS) is 12.0. The second kappa shape index (κ2) is 3.28. The molecule has 2 N–H and O–H groups in total. The van der Waals surface area contributed by atoms with Crippen LogP contribution >= 0.6 is 11.6 Å². The molecule has 0 aromatic heterocycles. The Labute approximate surface area is 54.1 Å². The van der Waals surface area contributed by atoms with Crippen molar-refractivity contribution in [3.63, 3.8) is 0 Å². The molecule has 0 amide bonds. The largest absolute Gasteiger partial charge is 0.366 e. The van der Waals surface area contributed by atoms with Gasteiger partial charge in [-0.25, -0.2) is 0 Å². The highest BCUT2D eigenvalue weighted by Gasteiger charge is 2.17. The minimum Gasteiger partial charge on any atom is -0.366 e. The van der Waals surface area contributed by atoms with Crippen LogP contribution in [0.5, 0.6) is 0 Å². The van der Waals surface area contributed by atoms with Crippen LogP contribution in [0.25, 0.3) is 0 Å². The van der Waals surface area contributed by atoms with E-state index < -0.39 is 5.79 Å². The number of halogens is 1. The predicted octanol–water partition coefficient (Wildman–Crippen LogP) is 0.706. The summed E-state index contributed by atoms with van der Waals surface area (Å²) in [5.74, 6) is -1.25. The van der Waals surface area contributed by atoms with Gasteiger partial charge in [0.05, 0.1) is 0 Å². The lowest BCUT2D eigenvalue weighted by Gasteiger charge is -2.17. The van der Waals surface area contributed by atoms with Crippen LogP contribution in [-0.2, 0) is 0 Å². The van der Waals surface area contributed by atoms with Gasteiger partial charge in [0.2, 0.25) is 0 Å². The molecular weight excluding hydrogens is 128 g/mol. The van der Waals surface area contributed by atoms with Gasteiger partial charge in [-0.15, -0.1) is 11.6 Å². The monoisotopic (exact) mass is 138 g/mol. The fourth-order valence-electron chi connectivity index (χ4n) is 0.328. The molecule has 0 aliphatic carbocycles. The Kier molecular flexibility index (Phi) is 3.36. The van der Waals surface area contributed by atoms with Crippen molar-refractivity contribution < 1.29 is 10.2 Å². The number of hydrogen-bond acceptors (Lipinski definition) is 2. The van der Waals surface area contributed by atoms with E-state index in [0.29, 0.717) is 12.3 Å². The molecule has 0 bridgehead atoms. The molecule has 0 rings (SSSR count). The lowest BCUT2D eigenvalue weighted by atomic mass is 10.2. The van der Waals surface area contributed by atoms with Gasteiger partial charge in [-0.1, -0.05) is 6.92 Å². The van der Waals surface area contributed by atoms with E-state index >= 15 is 0 Å². The van der Waals surface area contributed by atoms with Gasteiger partial charge in [-0.05, 0) is 6.42 Å². The maximum absolute atomic E-state index is 8.79. The standard InChI is InChI=1S/C5H11ClO2/c1-2-5(7,8)3-4-6/h7-8H,2-4H2,1H3. The van der Waals surface area contributed by atoms with E-state index in [1.165, 1.54) is 0 Å². The molecule has 0 fully saturated rings. The van der Waals surface area contributed by atoms with Crippen LogP contribution in [0.2, 0.25) is 0 Å². The molecule has 0 spiro atoms. The number of aliphatic hydroxyl groups is 2. The van der Waals surface area contributed by atoms with Gasteiger partial charge in [0.1, 0.15) is 0 Å². The van der Waals surface area contributed by atoms with Crippen LogP contribution in [0.3, 0.4) is 0 Å². The fraction of sp³-hybridized carbons (Fsp3) is 1.00. The summed E-state index contributed by atoms with van der Waals surface area (Å²) in [4.78, 5) is 0. The summed E-state index contributed by atoms with van der Waals surface area (Å²) in [6, 6.07) is 0. The van der Waals surface area contributed by atoms with E-state index in [4.69, 9.17) is 21.8 Å². The summed E-state index contributed by atoms with van der Waals surface area (Å²) in [5, 5.41) is 17.6. The molecule has 0 unspecified atom stereocenters. The molecule has 0 heterocycles. The van der Waals surface area contributed by atoms with Crippen molar-refractivity contribution in [2.24, 2.45) is 0 Å². The number of rotatable bonds is 3. The molecule has 0 aromatic rings. The summed E-state index contributed by atoms with van der Waals surface area (Å²) in [6.07, 6.45) is 0.574. The molecular formula is C5H11ClO2. The minimum atomic E-state index is -1.54. The van der Waals surface area contributed by atoms with Gasteiger partial charge in [-0.3, -0.25) is 0 Å². The van der Waals surface area contributed by atoms with Gasteiger partial charge >= 0.3 is 0 Å². The van der Waals surface area contributed by atoms with Crippen LogP contribution in [0.4, 0.5) is 0 Å². The van der Waals surface area contributed by atoms with Gasteiger partial charge < -0.3 is 10.2 Å². The maximum Gasteiger partial charge on any atom is 0.163 e. The van der Waals surface area contributed by atoms with Crippen molar-refractivity contribution in [1.82, 2.24) is 0 Å². The highest BCUT2D eigenvalue weighted by Crippen LogP contribution is 2.10. The van der Waals surface area contributed by atoms with Crippen LogP contribution < -0.4 is 0 Å². The zero-order valence-corrected chi connectivity index (χ0v) is 5.65. The zero-order valence-electron chi connectivity index (χ0n) is 4.89. The number of alkyl halides is 1. The summed E-state index contributed by atoms with van der Waals surface area (Å²) in [5.41, 5.74) is 0. The molecule has 2 nitrogen and oxygen atoms in total. The van der Waals surface area contributed by atoms with Crippen molar-refractivity contribution in [2.75, 3.05) is 5.88 Å². The lowest BCUT2D eigenvalue weighted by Crippen LogP contribution is -2.26. The van der Waals surface area contributed by atoms with Gasteiger partial charge in [-0.2, -0.15) is 0 Å². The van der Waals surface area contributed by atoms with Crippen LogP contribution in [0, 0.1) is 0 Å². The zero-order chi connectivity index (χ0) is 6.62. The first kappa shape index (κ1) is 8.21. The highest BCUT2D eigenvalue weighted by atomic mass is 35.5. The Bertz CT molecular complexity index is 63.4.